The van der Waals surface area contributed by atoms with Crippen molar-refractivity contribution in [2.75, 3.05) is 29.2 Å². The number of carbonyl (C=O) groups is 1. The average Bonchev–Trinajstić information content (AvgIpc) is 3.38. The van der Waals surface area contributed by atoms with Crippen LogP contribution in [0, 0.1) is 12.9 Å². The van der Waals surface area contributed by atoms with Gasteiger partial charge in [-0.05, 0) is 49.4 Å². The van der Waals surface area contributed by atoms with E-state index >= 15 is 0 Å². The van der Waals surface area contributed by atoms with Crippen LogP contribution in [0.3, 0.4) is 0 Å². The lowest BCUT2D eigenvalue weighted by Crippen LogP contribution is -2.43. The van der Waals surface area contributed by atoms with Crippen LogP contribution in [-0.2, 0) is 26.1 Å². The molecule has 2 aliphatic rings. The Hall–Kier alpha value is -4.90. The molecule has 3 aromatic carbocycles. The summed E-state index contributed by atoms with van der Waals surface area (Å²) < 4.78 is 27.8. The number of aromatic nitrogens is 4. The molecule has 0 radical (unpaired) electrons. The number of fused-ring (bicyclic) bond motifs is 3. The fourth-order valence-electron chi connectivity index (χ4n) is 6.37. The maximum atomic E-state index is 14.5. The van der Waals surface area contributed by atoms with E-state index in [0.29, 0.717) is 60.3 Å². The second-order valence-corrected chi connectivity index (χ2v) is 11.9. The number of hydrogen-bond donors (Lipinski definition) is 1. The first-order valence-corrected chi connectivity index (χ1v) is 15.0. The number of halogens is 2. The highest BCUT2D eigenvalue weighted by Gasteiger charge is 2.32. The molecule has 12 heteroatoms. The van der Waals surface area contributed by atoms with E-state index in [-0.39, 0.29) is 12.1 Å². The summed E-state index contributed by atoms with van der Waals surface area (Å²) in [4.78, 5) is 30.9. The Kier molecular flexibility index (Phi) is 7.20. The molecule has 4 heterocycles. The normalized spacial score (nSPS) is 16.0. The van der Waals surface area contributed by atoms with Crippen molar-refractivity contribution < 1.29 is 18.7 Å². The third kappa shape index (κ3) is 5.06. The maximum Gasteiger partial charge on any atom is 0.345 e. The number of nitrogens with zero attached hydrogens (tertiary/aromatic N) is 6. The van der Waals surface area contributed by atoms with E-state index in [0.717, 1.165) is 39.1 Å². The van der Waals surface area contributed by atoms with Crippen LogP contribution in [0.4, 0.5) is 21.6 Å². The van der Waals surface area contributed by atoms with Gasteiger partial charge in [0.05, 0.1) is 54.2 Å². The van der Waals surface area contributed by atoms with Gasteiger partial charge < -0.3 is 29.6 Å². The van der Waals surface area contributed by atoms with Crippen LogP contribution in [0.2, 0.25) is 5.02 Å². The van der Waals surface area contributed by atoms with E-state index in [1.165, 1.54) is 7.11 Å². The Balaban J connectivity index is 1.26. The van der Waals surface area contributed by atoms with Gasteiger partial charge in [-0.2, -0.15) is 14.4 Å². The zero-order valence-corrected chi connectivity index (χ0v) is 25.8. The Morgan fingerprint density at radius 2 is 1.96 bits per heavy atom. The summed E-state index contributed by atoms with van der Waals surface area (Å²) >= 11 is 6.77. The highest BCUT2D eigenvalue weighted by molar-refractivity contribution is 6.36. The lowest BCUT2D eigenvalue weighted by Gasteiger charge is -2.38. The molecule has 1 atom stereocenters. The molecule has 10 nitrogen and oxygen atoms in total. The van der Waals surface area contributed by atoms with Gasteiger partial charge in [0.2, 0.25) is 5.95 Å². The Morgan fingerprint density at radius 3 is 2.76 bits per heavy atom. The fourth-order valence-corrected chi connectivity index (χ4v) is 6.65. The van der Waals surface area contributed by atoms with E-state index in [1.807, 2.05) is 41.8 Å². The van der Waals surface area contributed by atoms with Gasteiger partial charge in [-0.1, -0.05) is 35.9 Å². The lowest BCUT2D eigenvalue weighted by molar-refractivity contribution is 0.0735. The Bertz CT molecular complexity index is 1960. The van der Waals surface area contributed by atoms with Crippen LogP contribution in [0.5, 0.6) is 11.8 Å². The second kappa shape index (κ2) is 11.2. The Morgan fingerprint density at radius 1 is 1.13 bits per heavy atom. The minimum absolute atomic E-state index is 0.0456. The van der Waals surface area contributed by atoms with E-state index in [9.17, 15) is 9.18 Å². The number of benzene rings is 3. The van der Waals surface area contributed by atoms with Crippen molar-refractivity contribution >= 4 is 45.5 Å². The average molecular weight is 628 g/mol. The molecule has 2 aliphatic heterocycles. The van der Waals surface area contributed by atoms with Crippen molar-refractivity contribution in [3.63, 3.8) is 0 Å². The molecular formula is C33H31ClFN7O3. The predicted molar refractivity (Wildman–Crippen MR) is 171 cm³/mol. The molecule has 1 unspecified atom stereocenters. The first kappa shape index (κ1) is 28.8. The third-order valence-electron chi connectivity index (χ3n) is 8.62. The Labute approximate surface area is 264 Å². The van der Waals surface area contributed by atoms with Crippen molar-refractivity contribution in [1.82, 2.24) is 19.5 Å². The molecule has 5 aromatic rings. The molecule has 0 bridgehead atoms. The van der Waals surface area contributed by atoms with Crippen molar-refractivity contribution in [2.45, 2.75) is 45.9 Å². The molecule has 0 fully saturated rings. The monoisotopic (exact) mass is 627 g/mol. The quantitative estimate of drug-likeness (QED) is 0.149. The zero-order valence-electron chi connectivity index (χ0n) is 25.1. The lowest BCUT2D eigenvalue weighted by atomic mass is 10.0. The number of esters is 1. The number of nitrogen functional groups attached to an aromatic ring is 1. The van der Waals surface area contributed by atoms with Crippen LogP contribution < -0.4 is 25.0 Å². The molecule has 0 aliphatic carbocycles. The number of anilines is 3. The third-order valence-corrected chi connectivity index (χ3v) is 8.94. The minimum Gasteiger partial charge on any atom is -0.467 e. The predicted octanol–water partition coefficient (Wildman–Crippen LogP) is 5.71. The molecule has 7 rings (SSSR count). The van der Waals surface area contributed by atoms with Crippen molar-refractivity contribution in [1.29, 1.82) is 0 Å². The summed E-state index contributed by atoms with van der Waals surface area (Å²) in [7, 11) is 1.53. The molecule has 45 heavy (non-hydrogen) atoms. The van der Waals surface area contributed by atoms with Gasteiger partial charge in [-0.3, -0.25) is 0 Å². The van der Waals surface area contributed by atoms with Gasteiger partial charge in [0.15, 0.2) is 0 Å². The first-order chi connectivity index (χ1) is 21.7. The smallest absolute Gasteiger partial charge is 0.345 e. The molecule has 0 saturated heterocycles. The summed E-state index contributed by atoms with van der Waals surface area (Å²) in [5.41, 5.74) is 10.7. The van der Waals surface area contributed by atoms with E-state index in [4.69, 9.17) is 36.8 Å². The van der Waals surface area contributed by atoms with E-state index in [1.54, 1.807) is 24.5 Å². The summed E-state index contributed by atoms with van der Waals surface area (Å²) in [6.07, 6.45) is 2.17. The summed E-state index contributed by atoms with van der Waals surface area (Å²) in [6.45, 7) is 5.88. The number of ether oxygens (including phenoxy) is 2. The number of aryl methyl sites for hydroxylation is 1. The fraction of sp³-hybridized carbons (Fsp3) is 0.273. The van der Waals surface area contributed by atoms with Crippen molar-refractivity contribution in [3.05, 3.63) is 93.9 Å². The van der Waals surface area contributed by atoms with Crippen LogP contribution in [0.1, 0.15) is 39.8 Å². The molecule has 0 amide bonds. The molecule has 230 valence electrons. The van der Waals surface area contributed by atoms with Crippen LogP contribution >= 0.6 is 11.6 Å². The highest BCUT2D eigenvalue weighted by Crippen LogP contribution is 2.40. The highest BCUT2D eigenvalue weighted by atomic mass is 35.5. The van der Waals surface area contributed by atoms with Gasteiger partial charge in [0.25, 0.3) is 0 Å². The number of methoxy groups -OCH3 is 1. The van der Waals surface area contributed by atoms with Gasteiger partial charge in [-0.15, -0.1) is 0 Å². The number of nitrogens with two attached hydrogens (primary N) is 1. The number of carbonyl (C=O) groups excluding carboxylic acids is 1. The van der Waals surface area contributed by atoms with Crippen molar-refractivity contribution in [2.24, 2.45) is 0 Å². The largest absolute Gasteiger partial charge is 0.467 e. The maximum absolute atomic E-state index is 14.5. The summed E-state index contributed by atoms with van der Waals surface area (Å²) in [6, 6.07) is 14.9. The standard InChI is InChI=1S/C33H31ClFN7O3/c1-18-6-4-9-24(36)28(18)32(43)45-21-12-20-7-5-8-23(34)29(20)26(13-21)40-11-10-22-25(15-40)38-33(44-3)39-31(22)42-16-27-30(35)37-17-41(27)14-19(42)2/h4-9,12-13,17,19H,10-11,14-16,36H2,1-3H3. The van der Waals surface area contributed by atoms with Gasteiger partial charge in [0, 0.05) is 41.8 Å². The van der Waals surface area contributed by atoms with Crippen molar-refractivity contribution in [3.8, 4) is 11.8 Å². The molecule has 0 spiro atoms. The zero-order chi connectivity index (χ0) is 31.4. The summed E-state index contributed by atoms with van der Waals surface area (Å²) in [5.74, 6) is 0.108. The van der Waals surface area contributed by atoms with Crippen LogP contribution in [-0.4, -0.2) is 45.2 Å². The van der Waals surface area contributed by atoms with Gasteiger partial charge in [0.1, 0.15) is 11.6 Å². The topological polar surface area (TPSA) is 112 Å². The van der Waals surface area contributed by atoms with Gasteiger partial charge in [-0.25, -0.2) is 9.78 Å². The second-order valence-electron chi connectivity index (χ2n) is 11.5. The number of rotatable bonds is 5. The van der Waals surface area contributed by atoms with Crippen LogP contribution in [0.25, 0.3) is 10.8 Å². The van der Waals surface area contributed by atoms with Crippen LogP contribution in [0.15, 0.2) is 54.9 Å². The molecule has 2 N–H and O–H groups in total. The van der Waals surface area contributed by atoms with Gasteiger partial charge >= 0.3 is 12.0 Å². The molecular weight excluding hydrogens is 597 g/mol. The molecule has 0 saturated carbocycles. The number of hydrogen-bond acceptors (Lipinski definition) is 9. The van der Waals surface area contributed by atoms with E-state index in [2.05, 4.69) is 21.7 Å². The number of imidazole rings is 1. The minimum atomic E-state index is -0.530. The van der Waals surface area contributed by atoms with E-state index < -0.39 is 11.9 Å². The molecule has 2 aromatic heterocycles. The SMILES string of the molecule is COc1nc2c(c(N3Cc4c(F)ncn4CC3C)n1)CCN(c1cc(OC(=O)c3c(C)cccc3N)cc3cccc(Cl)c13)C2. The summed E-state index contributed by atoms with van der Waals surface area (Å²) in [5, 5.41) is 2.25. The first-order valence-electron chi connectivity index (χ1n) is 14.7.